The van der Waals surface area contributed by atoms with E-state index in [2.05, 4.69) is 23.8 Å². The zero-order valence-corrected chi connectivity index (χ0v) is 17.5. The van der Waals surface area contributed by atoms with Gasteiger partial charge >= 0.3 is 0 Å². The van der Waals surface area contributed by atoms with Crippen molar-refractivity contribution in [3.63, 3.8) is 0 Å². The summed E-state index contributed by atoms with van der Waals surface area (Å²) in [4.78, 5) is 4.20. The molecule has 0 fully saturated rings. The van der Waals surface area contributed by atoms with Gasteiger partial charge in [0.15, 0.2) is 5.84 Å². The molecule has 1 aromatic heterocycles. The molecule has 148 valence electrons. The number of hydrazone groups is 1. The average Bonchev–Trinajstić information content (AvgIpc) is 3.21. The van der Waals surface area contributed by atoms with Gasteiger partial charge in [-0.25, -0.2) is 4.98 Å². The summed E-state index contributed by atoms with van der Waals surface area (Å²) < 4.78 is 1.95. The summed E-state index contributed by atoms with van der Waals surface area (Å²) in [6.07, 6.45) is 15.4. The lowest BCUT2D eigenvalue weighted by atomic mass is 10.2. The fourth-order valence-corrected chi connectivity index (χ4v) is 3.28. The van der Waals surface area contributed by atoms with Crippen LogP contribution in [0.5, 0.6) is 0 Å². The van der Waals surface area contributed by atoms with Crippen LogP contribution in [0.2, 0.25) is 5.02 Å². The van der Waals surface area contributed by atoms with Crippen LogP contribution in [0.15, 0.2) is 48.1 Å². The summed E-state index contributed by atoms with van der Waals surface area (Å²) in [5, 5.41) is 7.97. The van der Waals surface area contributed by atoms with Gasteiger partial charge in [-0.3, -0.25) is 9.58 Å². The Kier molecular flexibility index (Phi) is 9.99. The van der Waals surface area contributed by atoms with E-state index < -0.39 is 0 Å². The van der Waals surface area contributed by atoms with E-state index in [0.717, 1.165) is 24.5 Å². The standard InChI is InChI=1S/C22H33ClN4/c1-3-5-7-11-16-27(17-12-8-6-4-2)25-22(26-18-15-24-19-26)20-13-9-10-14-21(20)23/h9-10,13-15,18-19H,3-8,11-12,16-17H2,1-2H3. The molecular formula is C22H33ClN4. The molecule has 0 saturated heterocycles. The van der Waals surface area contributed by atoms with E-state index in [1.54, 1.807) is 12.5 Å². The van der Waals surface area contributed by atoms with E-state index in [1.165, 1.54) is 51.4 Å². The van der Waals surface area contributed by atoms with Crippen LogP contribution in [-0.4, -0.2) is 33.5 Å². The number of nitrogens with zero attached hydrogens (tertiary/aromatic N) is 4. The first-order chi connectivity index (χ1) is 13.3. The summed E-state index contributed by atoms with van der Waals surface area (Å²) in [6.45, 7) is 6.45. The zero-order chi connectivity index (χ0) is 19.3. The van der Waals surface area contributed by atoms with Gasteiger partial charge in [-0.1, -0.05) is 76.1 Å². The summed E-state index contributed by atoms with van der Waals surface area (Å²) in [6, 6.07) is 7.88. The molecule has 1 heterocycles. The van der Waals surface area contributed by atoms with Gasteiger partial charge in [-0.2, -0.15) is 5.10 Å². The first-order valence-corrected chi connectivity index (χ1v) is 10.7. The van der Waals surface area contributed by atoms with E-state index in [4.69, 9.17) is 16.7 Å². The zero-order valence-electron chi connectivity index (χ0n) is 16.8. The smallest absolute Gasteiger partial charge is 0.166 e. The monoisotopic (exact) mass is 388 g/mol. The molecule has 1 aromatic carbocycles. The molecule has 4 nitrogen and oxygen atoms in total. The molecule has 0 unspecified atom stereocenters. The van der Waals surface area contributed by atoms with Crippen molar-refractivity contribution >= 4 is 17.4 Å². The molecule has 0 aliphatic carbocycles. The quantitative estimate of drug-likeness (QED) is 0.187. The van der Waals surface area contributed by atoms with Gasteiger partial charge in [0.25, 0.3) is 0 Å². The van der Waals surface area contributed by atoms with Gasteiger partial charge in [-0.15, -0.1) is 0 Å². The van der Waals surface area contributed by atoms with Crippen LogP contribution in [0.25, 0.3) is 0 Å². The number of aromatic nitrogens is 2. The minimum absolute atomic E-state index is 0.710. The lowest BCUT2D eigenvalue weighted by molar-refractivity contribution is 0.272. The molecule has 0 spiro atoms. The van der Waals surface area contributed by atoms with Crippen LogP contribution in [-0.2, 0) is 0 Å². The summed E-state index contributed by atoms with van der Waals surface area (Å²) in [5.41, 5.74) is 0.935. The molecule has 0 aliphatic heterocycles. The number of benzene rings is 1. The fourth-order valence-electron chi connectivity index (χ4n) is 3.06. The van der Waals surface area contributed by atoms with Crippen LogP contribution in [0.1, 0.15) is 70.8 Å². The summed E-state index contributed by atoms with van der Waals surface area (Å²) >= 11 is 6.48. The average molecular weight is 389 g/mol. The topological polar surface area (TPSA) is 33.4 Å². The lowest BCUT2D eigenvalue weighted by Crippen LogP contribution is -2.25. The van der Waals surface area contributed by atoms with Gasteiger partial charge in [0.05, 0.1) is 5.02 Å². The Bertz CT molecular complexity index is 655. The highest BCUT2D eigenvalue weighted by Gasteiger charge is 2.12. The third kappa shape index (κ3) is 7.37. The van der Waals surface area contributed by atoms with Crippen molar-refractivity contribution in [1.29, 1.82) is 0 Å². The Balaban J connectivity index is 2.21. The molecule has 2 aromatic rings. The van der Waals surface area contributed by atoms with Crippen molar-refractivity contribution in [2.45, 2.75) is 65.2 Å². The van der Waals surface area contributed by atoms with Crippen molar-refractivity contribution in [1.82, 2.24) is 14.6 Å². The molecule has 0 saturated carbocycles. The second-order valence-corrected chi connectivity index (χ2v) is 7.36. The van der Waals surface area contributed by atoms with E-state index in [0.29, 0.717) is 5.02 Å². The molecule has 0 radical (unpaired) electrons. The van der Waals surface area contributed by atoms with Crippen LogP contribution in [0.3, 0.4) is 0 Å². The molecule has 0 aliphatic rings. The maximum Gasteiger partial charge on any atom is 0.166 e. The van der Waals surface area contributed by atoms with Gasteiger partial charge in [-0.05, 0) is 25.0 Å². The molecule has 0 bridgehead atoms. The number of halogens is 1. The van der Waals surface area contributed by atoms with E-state index in [1.807, 2.05) is 35.0 Å². The first kappa shape index (κ1) is 21.5. The van der Waals surface area contributed by atoms with Crippen LogP contribution in [0, 0.1) is 0 Å². The Morgan fingerprint density at radius 3 is 2.22 bits per heavy atom. The predicted molar refractivity (Wildman–Crippen MR) is 115 cm³/mol. The largest absolute Gasteiger partial charge is 0.295 e. The Morgan fingerprint density at radius 1 is 1.00 bits per heavy atom. The Labute approximate surface area is 169 Å². The maximum atomic E-state index is 6.48. The highest BCUT2D eigenvalue weighted by Crippen LogP contribution is 2.18. The number of hydrogen-bond donors (Lipinski definition) is 0. The third-order valence-electron chi connectivity index (χ3n) is 4.64. The fraction of sp³-hybridized carbons (Fsp3) is 0.545. The number of imidazole rings is 1. The van der Waals surface area contributed by atoms with Gasteiger partial charge in [0.2, 0.25) is 0 Å². The van der Waals surface area contributed by atoms with Crippen LogP contribution < -0.4 is 0 Å². The number of hydrogen-bond acceptors (Lipinski definition) is 3. The second-order valence-electron chi connectivity index (χ2n) is 6.95. The third-order valence-corrected chi connectivity index (χ3v) is 4.97. The number of unbranched alkanes of at least 4 members (excludes halogenated alkanes) is 6. The molecular weight excluding hydrogens is 356 g/mol. The van der Waals surface area contributed by atoms with Gasteiger partial charge in [0.1, 0.15) is 6.33 Å². The SMILES string of the molecule is CCCCCCN(CCCCCC)N=C(c1ccccc1Cl)n1ccnc1. The van der Waals surface area contributed by atoms with Gasteiger partial charge in [0, 0.05) is 31.0 Å². The van der Waals surface area contributed by atoms with Gasteiger partial charge < -0.3 is 0 Å². The van der Waals surface area contributed by atoms with Crippen LogP contribution in [0.4, 0.5) is 0 Å². The van der Waals surface area contributed by atoms with Crippen molar-refractivity contribution in [3.8, 4) is 0 Å². The summed E-state index contributed by atoms with van der Waals surface area (Å²) in [5.74, 6) is 0.837. The lowest BCUT2D eigenvalue weighted by Gasteiger charge is -2.22. The van der Waals surface area contributed by atoms with Crippen LogP contribution >= 0.6 is 11.6 Å². The molecule has 0 amide bonds. The normalized spacial score (nSPS) is 11.7. The Morgan fingerprint density at radius 2 is 1.67 bits per heavy atom. The maximum absolute atomic E-state index is 6.48. The molecule has 5 heteroatoms. The highest BCUT2D eigenvalue weighted by molar-refractivity contribution is 6.34. The van der Waals surface area contributed by atoms with Crippen molar-refractivity contribution < 1.29 is 0 Å². The minimum atomic E-state index is 0.710. The van der Waals surface area contributed by atoms with Crippen molar-refractivity contribution in [3.05, 3.63) is 53.6 Å². The second kappa shape index (κ2) is 12.6. The van der Waals surface area contributed by atoms with E-state index in [-0.39, 0.29) is 0 Å². The molecule has 27 heavy (non-hydrogen) atoms. The predicted octanol–water partition coefficient (Wildman–Crippen LogP) is 6.21. The molecule has 2 rings (SSSR count). The van der Waals surface area contributed by atoms with Crippen molar-refractivity contribution in [2.24, 2.45) is 5.10 Å². The number of rotatable bonds is 12. The van der Waals surface area contributed by atoms with Crippen molar-refractivity contribution in [2.75, 3.05) is 13.1 Å². The van der Waals surface area contributed by atoms with E-state index in [9.17, 15) is 0 Å². The summed E-state index contributed by atoms with van der Waals surface area (Å²) in [7, 11) is 0. The first-order valence-electron chi connectivity index (χ1n) is 10.3. The molecule has 0 atom stereocenters. The highest BCUT2D eigenvalue weighted by atomic mass is 35.5. The van der Waals surface area contributed by atoms with E-state index >= 15 is 0 Å². The Hall–Kier alpha value is -1.81. The minimum Gasteiger partial charge on any atom is -0.295 e. The molecule has 0 N–H and O–H groups in total.